The Morgan fingerprint density at radius 3 is 2.68 bits per heavy atom. The van der Waals surface area contributed by atoms with Gasteiger partial charge in [-0.1, -0.05) is 26.7 Å². The van der Waals surface area contributed by atoms with Crippen LogP contribution < -0.4 is 15.1 Å². The van der Waals surface area contributed by atoms with Crippen LogP contribution in [-0.2, 0) is 16.6 Å². The number of ether oxygens (including phenoxy) is 1. The highest BCUT2D eigenvalue weighted by molar-refractivity contribution is 7.89. The molecule has 0 aliphatic rings. The number of aryl methyl sites for hydroxylation is 1. The number of rotatable bonds is 13. The number of imidazole rings is 1. The van der Waals surface area contributed by atoms with Crippen LogP contribution in [0.1, 0.15) is 39.5 Å². The largest absolute Gasteiger partial charge is 0.493 e. The molecule has 4 aromatic rings. The van der Waals surface area contributed by atoms with Gasteiger partial charge < -0.3 is 14.6 Å². The zero-order chi connectivity index (χ0) is 26.6. The molecule has 0 bridgehead atoms. The van der Waals surface area contributed by atoms with E-state index in [4.69, 9.17) is 9.72 Å². The summed E-state index contributed by atoms with van der Waals surface area (Å²) in [6.45, 7) is 5.88. The lowest BCUT2D eigenvalue weighted by Gasteiger charge is -2.13. The second kappa shape index (κ2) is 11.4. The third-order valence-corrected chi connectivity index (χ3v) is 7.42. The first kappa shape index (κ1) is 26.8. The number of likely N-dealkylation sites (N-methyl/N-ethyl adjacent to an activating group) is 1. The van der Waals surface area contributed by atoms with Gasteiger partial charge in [-0.2, -0.15) is 0 Å². The summed E-state index contributed by atoms with van der Waals surface area (Å²) in [7, 11) is -0.0108. The van der Waals surface area contributed by atoms with Gasteiger partial charge in [-0.15, -0.1) is 10.2 Å². The van der Waals surface area contributed by atoms with Crippen molar-refractivity contribution in [2.45, 2.75) is 51.0 Å². The van der Waals surface area contributed by atoms with Crippen LogP contribution in [0.5, 0.6) is 5.75 Å². The average Bonchev–Trinajstić information content (AvgIpc) is 3.52. The summed E-state index contributed by atoms with van der Waals surface area (Å²) in [5.74, 6) is 0.872. The molecule has 0 atom stereocenters. The van der Waals surface area contributed by atoms with E-state index in [9.17, 15) is 13.2 Å². The lowest BCUT2D eigenvalue weighted by molar-refractivity contribution is 0.318. The predicted octanol–water partition coefficient (Wildman–Crippen LogP) is 2.25. The number of aromatic amines is 1. The van der Waals surface area contributed by atoms with Crippen molar-refractivity contribution in [2.75, 3.05) is 33.8 Å². The number of aromatic nitrogens is 6. The SMILES string of the molecule is CCCCCn1c(=O)n2cnnc2c2[nH]c(-c3cc(S(=O)(=O)NCCN(C)C)ccc3OCCC)nc21. The van der Waals surface area contributed by atoms with E-state index in [-0.39, 0.29) is 17.1 Å². The van der Waals surface area contributed by atoms with Crippen molar-refractivity contribution >= 4 is 26.8 Å². The van der Waals surface area contributed by atoms with Crippen LogP contribution in [0.2, 0.25) is 0 Å². The van der Waals surface area contributed by atoms with Crippen molar-refractivity contribution in [1.82, 2.24) is 38.8 Å². The van der Waals surface area contributed by atoms with Crippen LogP contribution in [0, 0.1) is 0 Å². The van der Waals surface area contributed by atoms with E-state index in [1.807, 2.05) is 25.9 Å². The molecule has 3 heterocycles. The van der Waals surface area contributed by atoms with Gasteiger partial charge >= 0.3 is 5.69 Å². The number of fused-ring (bicyclic) bond motifs is 3. The molecule has 0 aliphatic carbocycles. The Morgan fingerprint density at radius 2 is 1.95 bits per heavy atom. The molecule has 2 N–H and O–H groups in total. The summed E-state index contributed by atoms with van der Waals surface area (Å²) < 4.78 is 37.6. The van der Waals surface area contributed by atoms with Crippen molar-refractivity contribution in [3.8, 4) is 17.1 Å². The molecule has 37 heavy (non-hydrogen) atoms. The summed E-state index contributed by atoms with van der Waals surface area (Å²) in [5, 5.41) is 8.03. The Labute approximate surface area is 215 Å². The average molecular weight is 531 g/mol. The van der Waals surface area contributed by atoms with Gasteiger partial charge in [0, 0.05) is 19.6 Å². The zero-order valence-corrected chi connectivity index (χ0v) is 22.5. The first-order valence-corrected chi connectivity index (χ1v) is 14.0. The Bertz CT molecular complexity index is 1540. The van der Waals surface area contributed by atoms with Gasteiger partial charge in [0.2, 0.25) is 10.0 Å². The maximum atomic E-state index is 13.2. The van der Waals surface area contributed by atoms with Crippen LogP contribution in [0.15, 0.2) is 34.2 Å². The van der Waals surface area contributed by atoms with Crippen molar-refractivity contribution in [3.63, 3.8) is 0 Å². The van der Waals surface area contributed by atoms with Crippen molar-refractivity contribution in [1.29, 1.82) is 0 Å². The van der Waals surface area contributed by atoms with Crippen molar-refractivity contribution in [2.24, 2.45) is 0 Å². The fraction of sp³-hybridized carbons (Fsp3) is 0.500. The molecule has 4 rings (SSSR count). The second-order valence-corrected chi connectivity index (χ2v) is 10.9. The van der Waals surface area contributed by atoms with Gasteiger partial charge in [0.15, 0.2) is 11.3 Å². The maximum absolute atomic E-state index is 13.2. The molecule has 0 radical (unpaired) electrons. The topological polar surface area (TPSA) is 140 Å². The third-order valence-electron chi connectivity index (χ3n) is 5.96. The molecule has 0 aliphatic heterocycles. The minimum atomic E-state index is -3.76. The monoisotopic (exact) mass is 530 g/mol. The highest BCUT2D eigenvalue weighted by atomic mass is 32.2. The van der Waals surface area contributed by atoms with Gasteiger partial charge in [0.05, 0.1) is 17.1 Å². The molecular weight excluding hydrogens is 496 g/mol. The van der Waals surface area contributed by atoms with Gasteiger partial charge in [-0.05, 0) is 45.1 Å². The van der Waals surface area contributed by atoms with E-state index in [1.54, 1.807) is 16.7 Å². The van der Waals surface area contributed by atoms with Crippen molar-refractivity contribution < 1.29 is 13.2 Å². The predicted molar refractivity (Wildman–Crippen MR) is 141 cm³/mol. The lowest BCUT2D eigenvalue weighted by Crippen LogP contribution is -2.31. The minimum Gasteiger partial charge on any atom is -0.493 e. The van der Waals surface area contributed by atoms with E-state index < -0.39 is 10.0 Å². The molecule has 0 fully saturated rings. The van der Waals surface area contributed by atoms with Gasteiger partial charge in [0.25, 0.3) is 0 Å². The zero-order valence-electron chi connectivity index (χ0n) is 21.7. The van der Waals surface area contributed by atoms with E-state index in [1.165, 1.54) is 16.8 Å². The summed E-state index contributed by atoms with van der Waals surface area (Å²) in [5.41, 5.74) is 1.55. The highest BCUT2D eigenvalue weighted by Gasteiger charge is 2.22. The van der Waals surface area contributed by atoms with E-state index in [0.29, 0.717) is 53.6 Å². The summed E-state index contributed by atoms with van der Waals surface area (Å²) in [6.07, 6.45) is 4.97. The third kappa shape index (κ3) is 5.68. The van der Waals surface area contributed by atoms with Crippen LogP contribution >= 0.6 is 0 Å². The number of hydrogen-bond donors (Lipinski definition) is 2. The van der Waals surface area contributed by atoms with E-state index in [2.05, 4.69) is 26.8 Å². The number of hydrogen-bond acceptors (Lipinski definition) is 8. The van der Waals surface area contributed by atoms with Crippen LogP contribution in [0.3, 0.4) is 0 Å². The molecule has 12 nitrogen and oxygen atoms in total. The molecule has 200 valence electrons. The normalized spacial score (nSPS) is 12.2. The van der Waals surface area contributed by atoms with Gasteiger partial charge in [-0.25, -0.2) is 27.3 Å². The number of nitrogens with zero attached hydrogens (tertiary/aromatic N) is 6. The highest BCUT2D eigenvalue weighted by Crippen LogP contribution is 2.32. The van der Waals surface area contributed by atoms with Crippen molar-refractivity contribution in [3.05, 3.63) is 35.0 Å². The summed E-state index contributed by atoms with van der Waals surface area (Å²) in [6, 6.07) is 4.70. The standard InChI is InChI=1S/C24H34N8O4S/c1-5-7-8-12-31-22-20(23-29-25-16-32(23)24(31)33)27-21(28-22)18-15-17(9-10-19(18)36-14-6-2)37(34,35)26-11-13-30(3)4/h9-10,15-16,26H,5-8,11-14H2,1-4H3,(H,27,28). The van der Waals surface area contributed by atoms with Gasteiger partial charge in [0.1, 0.15) is 23.4 Å². The van der Waals surface area contributed by atoms with Crippen LogP contribution in [0.4, 0.5) is 0 Å². The molecular formula is C24H34N8O4S. The maximum Gasteiger partial charge on any atom is 0.336 e. The molecule has 0 saturated heterocycles. The molecule has 3 aromatic heterocycles. The fourth-order valence-electron chi connectivity index (χ4n) is 4.02. The molecule has 0 unspecified atom stereocenters. The molecule has 0 spiro atoms. The Balaban J connectivity index is 1.85. The minimum absolute atomic E-state index is 0.0959. The quantitative estimate of drug-likeness (QED) is 0.251. The Hall–Kier alpha value is -3.29. The van der Waals surface area contributed by atoms with E-state index >= 15 is 0 Å². The Kier molecular flexibility index (Phi) is 8.25. The first-order valence-electron chi connectivity index (χ1n) is 12.5. The summed E-state index contributed by atoms with van der Waals surface area (Å²) >= 11 is 0. The molecule has 1 aromatic carbocycles. The molecule has 13 heteroatoms. The summed E-state index contributed by atoms with van der Waals surface area (Å²) in [4.78, 5) is 23.2. The van der Waals surface area contributed by atoms with Gasteiger partial charge in [-0.3, -0.25) is 4.57 Å². The smallest absolute Gasteiger partial charge is 0.336 e. The van der Waals surface area contributed by atoms with E-state index in [0.717, 1.165) is 25.7 Å². The number of nitrogens with one attached hydrogen (secondary N) is 2. The number of H-pyrrole nitrogens is 1. The number of benzene rings is 1. The number of unbranched alkanes of at least 4 members (excludes halogenated alkanes) is 2. The molecule has 0 amide bonds. The fourth-order valence-corrected chi connectivity index (χ4v) is 5.06. The molecule has 0 saturated carbocycles. The number of sulfonamides is 1. The van der Waals surface area contributed by atoms with Crippen LogP contribution in [0.25, 0.3) is 28.2 Å². The van der Waals surface area contributed by atoms with Crippen LogP contribution in [-0.4, -0.2) is 76.2 Å². The Morgan fingerprint density at radius 1 is 1.14 bits per heavy atom. The first-order chi connectivity index (χ1) is 17.8. The second-order valence-electron chi connectivity index (χ2n) is 9.16. The lowest BCUT2D eigenvalue weighted by atomic mass is 10.2.